The third-order valence-electron chi connectivity index (χ3n) is 5.44. The van der Waals surface area contributed by atoms with Crippen LogP contribution in [0.2, 0.25) is 10.0 Å². The van der Waals surface area contributed by atoms with Crippen molar-refractivity contribution < 1.29 is 14.6 Å². The average molecular weight is 451 g/mol. The number of rotatable bonds is 7. The van der Waals surface area contributed by atoms with Gasteiger partial charge in [0.2, 0.25) is 0 Å². The molecule has 1 fully saturated rings. The first kappa shape index (κ1) is 22.7. The number of hydrogen-bond acceptors (Lipinski definition) is 4. The molecule has 1 aliphatic rings. The molecule has 1 aliphatic heterocycles. The zero-order valence-electron chi connectivity index (χ0n) is 17.7. The summed E-state index contributed by atoms with van der Waals surface area (Å²) < 4.78 is 4.78. The Hall–Kier alpha value is -1.95. The van der Waals surface area contributed by atoms with Crippen molar-refractivity contribution in [3.8, 4) is 0 Å². The van der Waals surface area contributed by atoms with Crippen LogP contribution in [0.1, 0.15) is 42.1 Å². The molecular formula is C23H28Cl2N2O3. The molecule has 0 spiro atoms. The largest absolute Gasteiger partial charge is 0.506 e. The Morgan fingerprint density at radius 2 is 1.83 bits per heavy atom. The van der Waals surface area contributed by atoms with Crippen molar-refractivity contribution in [2.45, 2.75) is 46.4 Å². The second-order valence-electron chi connectivity index (χ2n) is 8.34. The highest BCUT2D eigenvalue weighted by atomic mass is 35.5. The number of benzene rings is 2. The number of carbonyl (C=O) groups is 1. The fraction of sp³-hybridized carbons (Fsp3) is 0.435. The van der Waals surface area contributed by atoms with Crippen molar-refractivity contribution in [1.29, 1.82) is 0 Å². The van der Waals surface area contributed by atoms with Crippen molar-refractivity contribution in [1.82, 2.24) is 4.90 Å². The van der Waals surface area contributed by atoms with E-state index in [1.807, 2.05) is 26.0 Å². The molecule has 0 saturated carbocycles. The van der Waals surface area contributed by atoms with Crippen LogP contribution < -0.4 is 5.32 Å². The monoisotopic (exact) mass is 450 g/mol. The second-order valence-corrected chi connectivity index (χ2v) is 9.13. The predicted octanol–water partition coefficient (Wildman–Crippen LogP) is 6.30. The lowest BCUT2D eigenvalue weighted by atomic mass is 9.93. The third-order valence-corrected chi connectivity index (χ3v) is 6.40. The van der Waals surface area contributed by atoms with E-state index in [2.05, 4.69) is 42.3 Å². The van der Waals surface area contributed by atoms with Crippen LogP contribution in [-0.2, 0) is 11.3 Å². The van der Waals surface area contributed by atoms with Crippen molar-refractivity contribution in [2.24, 2.45) is 5.92 Å². The molecular weight excluding hydrogens is 423 g/mol. The van der Waals surface area contributed by atoms with Crippen molar-refractivity contribution in [3.63, 3.8) is 0 Å². The first-order valence-electron chi connectivity index (χ1n) is 10.1. The van der Waals surface area contributed by atoms with Gasteiger partial charge in [0.05, 0.1) is 6.04 Å². The third kappa shape index (κ3) is 5.39. The standard InChI is InChI=1S/C23H28Cl2N2O3/c1-13(2)22(16-7-14(3)21(25)15(4)8-16)26-18-5-6-20(24)17(9-18)10-27-11-19(12-27)30-23(28)29/h5-9,13,19,22,26H,10-12H2,1-4H3,(H,28,29)/t22-/m1/s1. The van der Waals surface area contributed by atoms with Crippen LogP contribution >= 0.6 is 23.2 Å². The molecule has 7 heteroatoms. The number of nitrogens with one attached hydrogen (secondary N) is 1. The highest BCUT2D eigenvalue weighted by Crippen LogP contribution is 2.33. The van der Waals surface area contributed by atoms with Crippen LogP contribution in [0.15, 0.2) is 30.3 Å². The maximum Gasteiger partial charge on any atom is 0.506 e. The quantitative estimate of drug-likeness (QED) is 0.484. The fourth-order valence-electron chi connectivity index (χ4n) is 3.87. The second kappa shape index (κ2) is 9.46. The smallest absolute Gasteiger partial charge is 0.450 e. The molecule has 3 rings (SSSR count). The number of halogens is 2. The first-order valence-corrected chi connectivity index (χ1v) is 10.8. The summed E-state index contributed by atoms with van der Waals surface area (Å²) in [6.07, 6.45) is -1.49. The van der Waals surface area contributed by atoms with Gasteiger partial charge in [-0.2, -0.15) is 0 Å². The average Bonchev–Trinajstić information content (AvgIpc) is 2.63. The van der Waals surface area contributed by atoms with Gasteiger partial charge in [0, 0.05) is 35.4 Å². The molecule has 0 amide bonds. The molecule has 2 N–H and O–H groups in total. The van der Waals surface area contributed by atoms with E-state index in [9.17, 15) is 4.79 Å². The first-order chi connectivity index (χ1) is 14.1. The van der Waals surface area contributed by atoms with Crippen molar-refractivity contribution in [2.75, 3.05) is 18.4 Å². The van der Waals surface area contributed by atoms with Gasteiger partial charge in [-0.3, -0.25) is 4.90 Å². The van der Waals surface area contributed by atoms with Gasteiger partial charge in [0.25, 0.3) is 0 Å². The minimum absolute atomic E-state index is 0.131. The molecule has 2 aromatic rings. The Bertz CT molecular complexity index is 904. The van der Waals surface area contributed by atoms with Crippen LogP contribution in [0.4, 0.5) is 10.5 Å². The van der Waals surface area contributed by atoms with E-state index in [-0.39, 0.29) is 12.1 Å². The topological polar surface area (TPSA) is 61.8 Å². The van der Waals surface area contributed by atoms with Crippen molar-refractivity contribution in [3.05, 3.63) is 62.6 Å². The number of anilines is 1. The normalized spacial score (nSPS) is 15.7. The Kier molecular flexibility index (Phi) is 7.17. The molecule has 0 aliphatic carbocycles. The molecule has 162 valence electrons. The Labute approximate surface area is 187 Å². The zero-order chi connectivity index (χ0) is 22.0. The SMILES string of the molecule is Cc1cc([C@H](Nc2ccc(Cl)c(CN3CC(OC(=O)O)C3)c2)C(C)C)cc(C)c1Cl. The fourth-order valence-corrected chi connectivity index (χ4v) is 4.16. The molecule has 0 radical (unpaired) electrons. The lowest BCUT2D eigenvalue weighted by Crippen LogP contribution is -2.52. The molecule has 5 nitrogen and oxygen atoms in total. The van der Waals surface area contributed by atoms with Crippen LogP contribution in [0.5, 0.6) is 0 Å². The van der Waals surface area contributed by atoms with Crippen LogP contribution in [0.25, 0.3) is 0 Å². The molecule has 0 bridgehead atoms. The van der Waals surface area contributed by atoms with Gasteiger partial charge >= 0.3 is 6.16 Å². The highest BCUT2D eigenvalue weighted by molar-refractivity contribution is 6.32. The summed E-state index contributed by atoms with van der Waals surface area (Å²) in [6.45, 7) is 10.3. The number of hydrogen-bond donors (Lipinski definition) is 2. The molecule has 30 heavy (non-hydrogen) atoms. The lowest BCUT2D eigenvalue weighted by Gasteiger charge is -2.37. The van der Waals surface area contributed by atoms with Gasteiger partial charge in [0.1, 0.15) is 6.10 Å². The van der Waals surface area contributed by atoms with Gasteiger partial charge in [-0.05, 0) is 60.2 Å². The van der Waals surface area contributed by atoms with Gasteiger partial charge < -0.3 is 15.2 Å². The summed E-state index contributed by atoms with van der Waals surface area (Å²) in [6, 6.07) is 10.4. The Balaban J connectivity index is 1.74. The van der Waals surface area contributed by atoms with Crippen LogP contribution in [0, 0.1) is 19.8 Å². The maximum atomic E-state index is 10.6. The Morgan fingerprint density at radius 3 is 2.40 bits per heavy atom. The van der Waals surface area contributed by atoms with Crippen molar-refractivity contribution >= 4 is 35.0 Å². The summed E-state index contributed by atoms with van der Waals surface area (Å²) >= 11 is 12.8. The summed E-state index contributed by atoms with van der Waals surface area (Å²) in [7, 11) is 0. The summed E-state index contributed by atoms with van der Waals surface area (Å²) in [5.74, 6) is 0.369. The number of likely N-dealkylation sites (tertiary alicyclic amines) is 1. The van der Waals surface area contributed by atoms with Gasteiger partial charge in [-0.1, -0.05) is 49.2 Å². The van der Waals surface area contributed by atoms with E-state index in [0.29, 0.717) is 30.6 Å². The molecule has 1 atom stereocenters. The van der Waals surface area contributed by atoms with Gasteiger partial charge in [-0.15, -0.1) is 0 Å². The molecule has 2 aromatic carbocycles. The summed E-state index contributed by atoms with van der Waals surface area (Å²) in [5, 5.41) is 13.9. The summed E-state index contributed by atoms with van der Waals surface area (Å²) in [5.41, 5.74) is 5.36. The van der Waals surface area contributed by atoms with Gasteiger partial charge in [0.15, 0.2) is 0 Å². The van der Waals surface area contributed by atoms with E-state index in [0.717, 1.165) is 27.4 Å². The van der Waals surface area contributed by atoms with E-state index in [1.54, 1.807) is 0 Å². The minimum Gasteiger partial charge on any atom is -0.450 e. The molecule has 0 aromatic heterocycles. The number of carboxylic acid groups (broad SMARTS) is 1. The lowest BCUT2D eigenvalue weighted by molar-refractivity contribution is -0.0363. The minimum atomic E-state index is -1.23. The van der Waals surface area contributed by atoms with E-state index >= 15 is 0 Å². The van der Waals surface area contributed by atoms with E-state index in [4.69, 9.17) is 33.0 Å². The highest BCUT2D eigenvalue weighted by Gasteiger charge is 2.30. The van der Waals surface area contributed by atoms with E-state index in [1.165, 1.54) is 5.56 Å². The number of aryl methyl sites for hydroxylation is 2. The molecule has 0 unspecified atom stereocenters. The number of nitrogens with zero attached hydrogens (tertiary/aromatic N) is 1. The maximum absolute atomic E-state index is 10.6. The predicted molar refractivity (Wildman–Crippen MR) is 122 cm³/mol. The number of ether oxygens (including phenoxy) is 1. The van der Waals surface area contributed by atoms with E-state index < -0.39 is 6.16 Å². The van der Waals surface area contributed by atoms with Gasteiger partial charge in [-0.25, -0.2) is 4.79 Å². The van der Waals surface area contributed by atoms with Crippen LogP contribution in [0.3, 0.4) is 0 Å². The zero-order valence-corrected chi connectivity index (χ0v) is 19.2. The summed E-state index contributed by atoms with van der Waals surface area (Å²) in [4.78, 5) is 12.7. The molecule has 1 saturated heterocycles. The molecule has 1 heterocycles. The Morgan fingerprint density at radius 1 is 1.20 bits per heavy atom. The van der Waals surface area contributed by atoms with Crippen LogP contribution in [-0.4, -0.2) is 35.4 Å².